The van der Waals surface area contributed by atoms with Crippen LogP contribution >= 0.6 is 0 Å². The Morgan fingerprint density at radius 1 is 1.14 bits per heavy atom. The molecule has 2 amide bonds. The summed E-state index contributed by atoms with van der Waals surface area (Å²) in [7, 11) is 0. The van der Waals surface area contributed by atoms with Gasteiger partial charge in [-0.05, 0) is 31.7 Å². The van der Waals surface area contributed by atoms with Gasteiger partial charge in [-0.2, -0.15) is 0 Å². The zero-order valence-corrected chi connectivity index (χ0v) is 12.3. The number of hydrogen-bond donors (Lipinski definition) is 4. The van der Waals surface area contributed by atoms with Gasteiger partial charge in [-0.25, -0.2) is 0 Å². The molecule has 8 nitrogen and oxygen atoms in total. The van der Waals surface area contributed by atoms with Gasteiger partial charge in [0.2, 0.25) is 11.8 Å². The van der Waals surface area contributed by atoms with Crippen molar-refractivity contribution in [1.82, 2.24) is 20.8 Å². The predicted octanol–water partition coefficient (Wildman–Crippen LogP) is -0.312. The van der Waals surface area contributed by atoms with Crippen LogP contribution in [-0.2, 0) is 4.79 Å². The summed E-state index contributed by atoms with van der Waals surface area (Å²) in [4.78, 5) is 23.5. The minimum atomic E-state index is -0.303. The molecule has 0 atom stereocenters. The van der Waals surface area contributed by atoms with Crippen LogP contribution in [-0.4, -0.2) is 45.7 Å². The molecule has 2 rings (SSSR count). The van der Waals surface area contributed by atoms with E-state index < -0.39 is 0 Å². The standard InChI is InChI=1S/C14H21N5O3/c15-8-7-12(20)16-9-1-3-10(4-2-9)17-14(22)11-5-6-13(21)19-18-11/h5-6,9-10H,1-4,7-8,15H2,(H,16,20)(H,17,22)(H,19,21). The highest BCUT2D eigenvalue weighted by atomic mass is 16.3. The number of aromatic nitrogens is 2. The molecule has 8 heteroatoms. The molecule has 0 aliphatic heterocycles. The first kappa shape index (κ1) is 16.2. The normalized spacial score (nSPS) is 21.1. The minimum absolute atomic E-state index is 0.0191. The quantitative estimate of drug-likeness (QED) is 0.590. The average Bonchev–Trinajstić information content (AvgIpc) is 2.50. The fourth-order valence-electron chi connectivity index (χ4n) is 2.52. The van der Waals surface area contributed by atoms with Crippen LogP contribution in [0.2, 0.25) is 0 Å². The summed E-state index contributed by atoms with van der Waals surface area (Å²) in [6.07, 6.45) is 3.58. The monoisotopic (exact) mass is 307 g/mol. The Morgan fingerprint density at radius 3 is 2.32 bits per heavy atom. The Labute approximate surface area is 128 Å². The molecule has 5 N–H and O–H groups in total. The number of carbonyl (C=O) groups is 2. The van der Waals surface area contributed by atoms with Crippen molar-refractivity contribution >= 4 is 11.8 Å². The highest BCUT2D eigenvalue weighted by molar-refractivity contribution is 5.92. The van der Waals surface area contributed by atoms with Gasteiger partial charge in [0.1, 0.15) is 0 Å². The van der Waals surface area contributed by atoms with E-state index in [0.717, 1.165) is 25.7 Å². The zero-order chi connectivity index (χ0) is 15.9. The molecule has 1 aliphatic rings. The summed E-state index contributed by atoms with van der Waals surface area (Å²) in [6, 6.07) is 2.97. The highest BCUT2D eigenvalue weighted by Crippen LogP contribution is 2.19. The molecule has 120 valence electrons. The van der Waals surface area contributed by atoms with Crippen molar-refractivity contribution in [3.05, 3.63) is 17.8 Å². The van der Waals surface area contributed by atoms with Gasteiger partial charge in [0.05, 0.1) is 0 Å². The average molecular weight is 307 g/mol. The van der Waals surface area contributed by atoms with Gasteiger partial charge < -0.3 is 21.5 Å². The summed E-state index contributed by atoms with van der Waals surface area (Å²) < 4.78 is 0. The molecule has 0 aromatic carbocycles. The predicted molar refractivity (Wildman–Crippen MR) is 79.0 cm³/mol. The number of nitrogens with zero attached hydrogens (tertiary/aromatic N) is 2. The van der Waals surface area contributed by atoms with Crippen LogP contribution in [0.3, 0.4) is 0 Å². The molecular formula is C14H21N5O3. The van der Waals surface area contributed by atoms with E-state index in [1.165, 1.54) is 12.1 Å². The lowest BCUT2D eigenvalue weighted by atomic mass is 9.91. The lowest BCUT2D eigenvalue weighted by Gasteiger charge is -2.29. The summed E-state index contributed by atoms with van der Waals surface area (Å²) >= 11 is 0. The minimum Gasteiger partial charge on any atom is -0.492 e. The Bertz CT molecular complexity index is 512. The van der Waals surface area contributed by atoms with Gasteiger partial charge in [0.25, 0.3) is 5.91 Å². The van der Waals surface area contributed by atoms with E-state index in [9.17, 15) is 9.59 Å². The fraction of sp³-hybridized carbons (Fsp3) is 0.571. The first-order valence-corrected chi connectivity index (χ1v) is 7.41. The lowest BCUT2D eigenvalue weighted by molar-refractivity contribution is -0.121. The largest absolute Gasteiger partial charge is 0.492 e. The highest BCUT2D eigenvalue weighted by Gasteiger charge is 2.24. The summed E-state index contributed by atoms with van der Waals surface area (Å²) in [5, 5.41) is 22.0. The summed E-state index contributed by atoms with van der Waals surface area (Å²) in [5.74, 6) is -0.539. The van der Waals surface area contributed by atoms with Crippen LogP contribution in [0.1, 0.15) is 42.6 Å². The van der Waals surface area contributed by atoms with Crippen molar-refractivity contribution in [3.63, 3.8) is 0 Å². The molecular weight excluding hydrogens is 286 g/mol. The maximum absolute atomic E-state index is 12.0. The van der Waals surface area contributed by atoms with Gasteiger partial charge in [-0.3, -0.25) is 9.59 Å². The van der Waals surface area contributed by atoms with E-state index in [2.05, 4.69) is 20.8 Å². The number of carbonyl (C=O) groups excluding carboxylic acids is 2. The van der Waals surface area contributed by atoms with Gasteiger partial charge >= 0.3 is 0 Å². The second kappa shape index (κ2) is 7.69. The molecule has 0 spiro atoms. The van der Waals surface area contributed by atoms with Crippen molar-refractivity contribution in [1.29, 1.82) is 0 Å². The fourth-order valence-corrected chi connectivity index (χ4v) is 2.52. The van der Waals surface area contributed by atoms with E-state index in [1.807, 2.05) is 0 Å². The second-order valence-corrected chi connectivity index (χ2v) is 5.40. The molecule has 0 saturated heterocycles. The van der Waals surface area contributed by atoms with E-state index >= 15 is 0 Å². The van der Waals surface area contributed by atoms with Crippen LogP contribution in [0.25, 0.3) is 0 Å². The summed E-state index contributed by atoms with van der Waals surface area (Å²) in [5.41, 5.74) is 5.52. The van der Waals surface area contributed by atoms with Crippen molar-refractivity contribution in [2.75, 3.05) is 6.54 Å². The topological polar surface area (TPSA) is 130 Å². The van der Waals surface area contributed by atoms with Gasteiger partial charge in [0.15, 0.2) is 5.69 Å². The van der Waals surface area contributed by atoms with E-state index in [-0.39, 0.29) is 35.5 Å². The third-order valence-electron chi connectivity index (χ3n) is 3.68. The molecule has 1 aliphatic carbocycles. The summed E-state index contributed by atoms with van der Waals surface area (Å²) in [6.45, 7) is 0.352. The van der Waals surface area contributed by atoms with Crippen molar-refractivity contribution < 1.29 is 14.7 Å². The van der Waals surface area contributed by atoms with Crippen LogP contribution in [0.15, 0.2) is 12.1 Å². The van der Waals surface area contributed by atoms with Crippen LogP contribution in [0.4, 0.5) is 0 Å². The van der Waals surface area contributed by atoms with Crippen LogP contribution in [0.5, 0.6) is 5.88 Å². The van der Waals surface area contributed by atoms with Crippen LogP contribution in [0, 0.1) is 0 Å². The molecule has 1 heterocycles. The number of nitrogens with two attached hydrogens (primary N) is 1. The number of hydrogen-bond acceptors (Lipinski definition) is 6. The Hall–Kier alpha value is -2.22. The SMILES string of the molecule is NCCC(=O)NC1CCC(NC(=O)c2ccc(O)nn2)CC1. The molecule has 1 aromatic rings. The maximum atomic E-state index is 12.0. The molecule has 1 fully saturated rings. The smallest absolute Gasteiger partial charge is 0.272 e. The van der Waals surface area contributed by atoms with E-state index in [1.54, 1.807) is 0 Å². The lowest BCUT2D eigenvalue weighted by Crippen LogP contribution is -2.44. The van der Waals surface area contributed by atoms with Crippen molar-refractivity contribution in [3.8, 4) is 5.88 Å². The zero-order valence-electron chi connectivity index (χ0n) is 12.3. The molecule has 0 bridgehead atoms. The molecule has 1 saturated carbocycles. The number of nitrogens with one attached hydrogen (secondary N) is 2. The molecule has 0 radical (unpaired) electrons. The number of amides is 2. The van der Waals surface area contributed by atoms with Crippen molar-refractivity contribution in [2.24, 2.45) is 5.73 Å². The Kier molecular flexibility index (Phi) is 5.65. The van der Waals surface area contributed by atoms with E-state index in [4.69, 9.17) is 10.8 Å². The second-order valence-electron chi connectivity index (χ2n) is 5.40. The number of rotatable bonds is 5. The van der Waals surface area contributed by atoms with E-state index in [0.29, 0.717) is 13.0 Å². The number of aromatic hydroxyl groups is 1. The third kappa shape index (κ3) is 4.66. The Morgan fingerprint density at radius 2 is 1.77 bits per heavy atom. The third-order valence-corrected chi connectivity index (χ3v) is 3.68. The Balaban J connectivity index is 1.76. The molecule has 0 unspecified atom stereocenters. The maximum Gasteiger partial charge on any atom is 0.272 e. The van der Waals surface area contributed by atoms with Crippen LogP contribution < -0.4 is 16.4 Å². The van der Waals surface area contributed by atoms with Gasteiger partial charge in [-0.1, -0.05) is 0 Å². The van der Waals surface area contributed by atoms with Gasteiger partial charge in [-0.15, -0.1) is 10.2 Å². The van der Waals surface area contributed by atoms with Gasteiger partial charge in [0, 0.05) is 31.1 Å². The van der Waals surface area contributed by atoms with Crippen molar-refractivity contribution in [2.45, 2.75) is 44.2 Å². The molecule has 1 aromatic heterocycles. The molecule has 22 heavy (non-hydrogen) atoms. The first-order valence-electron chi connectivity index (χ1n) is 7.41. The first-order chi connectivity index (χ1) is 10.6.